The molecule has 4 rings (SSSR count). The van der Waals surface area contributed by atoms with E-state index in [1.807, 2.05) is 13.8 Å². The van der Waals surface area contributed by atoms with E-state index in [-0.39, 0.29) is 77.8 Å². The third kappa shape index (κ3) is 10.3. The lowest BCUT2D eigenvalue weighted by Crippen LogP contribution is -2.25. The number of nitrogens with zero attached hydrogens (tertiary/aromatic N) is 4. The molecule has 0 fully saturated rings. The van der Waals surface area contributed by atoms with Gasteiger partial charge in [0.05, 0.1) is 37.2 Å². The smallest absolute Gasteiger partial charge is 0.416 e. The molecule has 0 saturated heterocycles. The second-order valence-corrected chi connectivity index (χ2v) is 12.0. The van der Waals surface area contributed by atoms with Crippen LogP contribution >= 0.6 is 0 Å². The first kappa shape index (κ1) is 38.8. The van der Waals surface area contributed by atoms with Crippen molar-refractivity contribution < 1.29 is 54.5 Å². The van der Waals surface area contributed by atoms with Gasteiger partial charge >= 0.3 is 18.3 Å². The third-order valence-corrected chi connectivity index (χ3v) is 7.65. The summed E-state index contributed by atoms with van der Waals surface area (Å²) in [6.45, 7) is 3.59. The number of methoxy groups -OCH3 is 1. The Morgan fingerprint density at radius 3 is 2.02 bits per heavy atom. The maximum absolute atomic E-state index is 14.6. The molecule has 0 radical (unpaired) electrons. The SMILES string of the molecule is COc1ccc(C(C)C)nc1-c1cc(C(C)(F)F)ccc1CN(Cc1cc(C(F)(F)F)cc(C(F)(F)F)c1)c1ncc(OCCCC(=O)O)cn1. The number of aromatic nitrogens is 3. The summed E-state index contributed by atoms with van der Waals surface area (Å²) in [5.74, 6) is -4.18. The number of hydrogen-bond acceptors (Lipinski definition) is 7. The number of carbonyl (C=O) groups is 1. The van der Waals surface area contributed by atoms with E-state index in [0.717, 1.165) is 6.07 Å². The Hall–Kier alpha value is -5.02. The summed E-state index contributed by atoms with van der Waals surface area (Å²) in [5.41, 5.74) is -2.53. The van der Waals surface area contributed by atoms with Crippen LogP contribution in [0.4, 0.5) is 41.1 Å². The molecule has 0 aliphatic heterocycles. The fraction of sp³-hybridized carbons (Fsp3) is 0.371. The van der Waals surface area contributed by atoms with Crippen molar-refractivity contribution in [2.45, 2.75) is 70.9 Å². The van der Waals surface area contributed by atoms with Gasteiger partial charge in [-0.25, -0.2) is 23.7 Å². The summed E-state index contributed by atoms with van der Waals surface area (Å²) >= 11 is 0. The highest BCUT2D eigenvalue weighted by Gasteiger charge is 2.37. The van der Waals surface area contributed by atoms with Crippen molar-refractivity contribution >= 4 is 11.9 Å². The predicted octanol–water partition coefficient (Wildman–Crippen LogP) is 9.27. The molecule has 2 heterocycles. The van der Waals surface area contributed by atoms with E-state index in [0.29, 0.717) is 30.3 Å². The first-order valence-electron chi connectivity index (χ1n) is 15.5. The normalized spacial score (nSPS) is 12.3. The Kier molecular flexibility index (Phi) is 11.8. The van der Waals surface area contributed by atoms with Crippen LogP contribution in [-0.4, -0.2) is 39.7 Å². The van der Waals surface area contributed by atoms with Crippen LogP contribution < -0.4 is 14.4 Å². The lowest BCUT2D eigenvalue weighted by molar-refractivity contribution is -0.143. The van der Waals surface area contributed by atoms with Crippen LogP contribution in [0.15, 0.2) is 60.9 Å². The van der Waals surface area contributed by atoms with E-state index in [4.69, 9.17) is 14.6 Å². The zero-order chi connectivity index (χ0) is 37.7. The van der Waals surface area contributed by atoms with Crippen molar-refractivity contribution in [2.24, 2.45) is 0 Å². The number of carboxylic acids is 1. The van der Waals surface area contributed by atoms with Crippen molar-refractivity contribution in [3.05, 3.63) is 94.4 Å². The Bertz CT molecular complexity index is 1790. The van der Waals surface area contributed by atoms with E-state index in [9.17, 15) is 39.9 Å². The highest BCUT2D eigenvalue weighted by Crippen LogP contribution is 2.39. The minimum Gasteiger partial charge on any atom is -0.494 e. The van der Waals surface area contributed by atoms with E-state index in [1.54, 1.807) is 12.1 Å². The van der Waals surface area contributed by atoms with Crippen LogP contribution in [0.5, 0.6) is 11.5 Å². The first-order chi connectivity index (χ1) is 23.8. The molecule has 4 aromatic rings. The second kappa shape index (κ2) is 15.5. The maximum atomic E-state index is 14.6. The average molecular weight is 727 g/mol. The maximum Gasteiger partial charge on any atom is 0.416 e. The van der Waals surface area contributed by atoms with Crippen LogP contribution in [-0.2, 0) is 36.2 Å². The minimum atomic E-state index is -5.10. The molecule has 0 saturated carbocycles. The largest absolute Gasteiger partial charge is 0.494 e. The van der Waals surface area contributed by atoms with Gasteiger partial charge in [-0.2, -0.15) is 26.3 Å². The van der Waals surface area contributed by atoms with Crippen LogP contribution in [0, 0.1) is 0 Å². The fourth-order valence-electron chi connectivity index (χ4n) is 5.04. The second-order valence-electron chi connectivity index (χ2n) is 12.0. The average Bonchev–Trinajstić information content (AvgIpc) is 3.05. The molecular weight excluding hydrogens is 692 g/mol. The van der Waals surface area contributed by atoms with Crippen molar-refractivity contribution in [1.29, 1.82) is 0 Å². The molecule has 16 heteroatoms. The molecule has 0 amide bonds. The quantitative estimate of drug-likeness (QED) is 0.102. The molecule has 0 spiro atoms. The number of aliphatic carboxylic acids is 1. The number of rotatable bonds is 14. The monoisotopic (exact) mass is 726 g/mol. The number of alkyl halides is 8. The molecular formula is C35H34F8N4O4. The lowest BCUT2D eigenvalue weighted by Gasteiger charge is -2.26. The third-order valence-electron chi connectivity index (χ3n) is 7.65. The minimum absolute atomic E-state index is 0.00518. The number of anilines is 1. The molecule has 1 N–H and O–H groups in total. The highest BCUT2D eigenvalue weighted by molar-refractivity contribution is 5.71. The number of hydrogen-bond donors (Lipinski definition) is 1. The van der Waals surface area contributed by atoms with Crippen LogP contribution in [0.2, 0.25) is 0 Å². The van der Waals surface area contributed by atoms with Crippen molar-refractivity contribution in [3.8, 4) is 22.8 Å². The van der Waals surface area contributed by atoms with Gasteiger partial charge in [0.1, 0.15) is 11.4 Å². The fourth-order valence-corrected chi connectivity index (χ4v) is 5.04. The highest BCUT2D eigenvalue weighted by atomic mass is 19.4. The summed E-state index contributed by atoms with van der Waals surface area (Å²) in [7, 11) is 1.37. The zero-order valence-corrected chi connectivity index (χ0v) is 27.9. The summed E-state index contributed by atoms with van der Waals surface area (Å²) in [4.78, 5) is 25.2. The Morgan fingerprint density at radius 2 is 1.49 bits per heavy atom. The van der Waals surface area contributed by atoms with Crippen LogP contribution in [0.1, 0.15) is 73.0 Å². The van der Waals surface area contributed by atoms with Gasteiger partial charge in [0.2, 0.25) is 5.95 Å². The summed E-state index contributed by atoms with van der Waals surface area (Å²) < 4.78 is 123. The van der Waals surface area contributed by atoms with E-state index in [2.05, 4.69) is 15.0 Å². The van der Waals surface area contributed by atoms with Gasteiger partial charge in [0, 0.05) is 43.3 Å². The molecule has 51 heavy (non-hydrogen) atoms. The number of carboxylic acid groups (broad SMARTS) is 1. The number of benzene rings is 2. The Morgan fingerprint density at radius 1 is 0.863 bits per heavy atom. The predicted molar refractivity (Wildman–Crippen MR) is 171 cm³/mol. The van der Waals surface area contributed by atoms with Gasteiger partial charge in [-0.3, -0.25) is 4.79 Å². The molecule has 8 nitrogen and oxygen atoms in total. The van der Waals surface area contributed by atoms with Crippen LogP contribution in [0.25, 0.3) is 11.3 Å². The zero-order valence-electron chi connectivity index (χ0n) is 27.9. The molecule has 0 aliphatic rings. The Labute approximate surface area is 288 Å². The summed E-state index contributed by atoms with van der Waals surface area (Å²) in [6.07, 6.45) is -7.77. The van der Waals surface area contributed by atoms with Crippen molar-refractivity contribution in [2.75, 3.05) is 18.6 Å². The van der Waals surface area contributed by atoms with Gasteiger partial charge < -0.3 is 19.5 Å². The molecule has 0 bridgehead atoms. The number of ether oxygens (including phenoxy) is 2. The molecule has 274 valence electrons. The van der Waals surface area contributed by atoms with Gasteiger partial charge in [0.15, 0.2) is 5.75 Å². The van der Waals surface area contributed by atoms with Gasteiger partial charge in [-0.15, -0.1) is 0 Å². The summed E-state index contributed by atoms with van der Waals surface area (Å²) in [6, 6.07) is 8.26. The van der Waals surface area contributed by atoms with Gasteiger partial charge in [-0.1, -0.05) is 26.0 Å². The van der Waals surface area contributed by atoms with Crippen molar-refractivity contribution in [1.82, 2.24) is 15.0 Å². The van der Waals surface area contributed by atoms with Crippen molar-refractivity contribution in [3.63, 3.8) is 0 Å². The molecule has 0 aliphatic carbocycles. The molecule has 2 aromatic heterocycles. The van der Waals surface area contributed by atoms with E-state index >= 15 is 0 Å². The van der Waals surface area contributed by atoms with Gasteiger partial charge in [0.25, 0.3) is 5.92 Å². The van der Waals surface area contributed by atoms with Gasteiger partial charge in [-0.05, 0) is 59.9 Å². The molecule has 0 unspecified atom stereocenters. The Balaban J connectivity index is 1.86. The topological polar surface area (TPSA) is 97.7 Å². The van der Waals surface area contributed by atoms with E-state index < -0.39 is 41.9 Å². The summed E-state index contributed by atoms with van der Waals surface area (Å²) in [5, 5.41) is 8.83. The van der Waals surface area contributed by atoms with Crippen LogP contribution in [0.3, 0.4) is 0 Å². The lowest BCUT2D eigenvalue weighted by atomic mass is 9.96. The van der Waals surface area contributed by atoms with E-state index in [1.165, 1.54) is 36.5 Å². The standard InChI is InChI=1S/C35H34F8N4O4/c1-20(2)28-9-10-29(50-4)31(46-28)27-15-23(33(3,36)37)8-7-22(27)19-47(32-44-16-26(17-45-32)51-11-5-6-30(48)49)18-21-12-24(34(38,39)40)14-25(13-21)35(41,42)43/h7-10,12-17,20H,5-6,11,18-19H2,1-4H3,(H,48,49). The molecule has 0 atom stereocenters. The first-order valence-corrected chi connectivity index (χ1v) is 15.5. The number of halogens is 8. The number of pyridine rings is 1. The molecule has 2 aromatic carbocycles.